The van der Waals surface area contributed by atoms with Gasteiger partial charge in [0.05, 0.1) is 16.3 Å². The second kappa shape index (κ2) is 9.94. The van der Waals surface area contributed by atoms with Gasteiger partial charge in [-0.05, 0) is 55.3 Å². The summed E-state index contributed by atoms with van der Waals surface area (Å²) in [5.74, 6) is -0.464. The van der Waals surface area contributed by atoms with Gasteiger partial charge in [0, 0.05) is 17.3 Å². The average molecular weight is 489 g/mol. The van der Waals surface area contributed by atoms with Crippen LogP contribution in [-0.4, -0.2) is 24.1 Å². The van der Waals surface area contributed by atoms with E-state index in [1.54, 1.807) is 6.07 Å². The molecule has 9 heteroatoms. The molecule has 1 heterocycles. The van der Waals surface area contributed by atoms with E-state index in [-0.39, 0.29) is 11.4 Å². The number of anilines is 2. The van der Waals surface area contributed by atoms with E-state index in [2.05, 4.69) is 15.1 Å². The second-order valence-corrected chi connectivity index (χ2v) is 9.71. The SMILES string of the molecule is Cc1cccc(C)c1NS(=O)(=O)c1ccc(NC(=O)Cn2nc(-c3ccccc3)ccc2=O)cc1. The third-order valence-corrected chi connectivity index (χ3v) is 6.76. The summed E-state index contributed by atoms with van der Waals surface area (Å²) >= 11 is 0. The van der Waals surface area contributed by atoms with E-state index in [1.807, 2.05) is 62.4 Å². The summed E-state index contributed by atoms with van der Waals surface area (Å²) in [5.41, 5.74) is 3.57. The largest absolute Gasteiger partial charge is 0.324 e. The van der Waals surface area contributed by atoms with Gasteiger partial charge in [0.1, 0.15) is 6.54 Å². The van der Waals surface area contributed by atoms with Crippen LogP contribution in [0.4, 0.5) is 11.4 Å². The molecule has 0 saturated heterocycles. The van der Waals surface area contributed by atoms with Gasteiger partial charge in [-0.2, -0.15) is 5.10 Å². The van der Waals surface area contributed by atoms with Crippen LogP contribution in [0.3, 0.4) is 0 Å². The molecular formula is C26H24N4O4S. The Labute approximate surface area is 203 Å². The number of hydrogen-bond acceptors (Lipinski definition) is 5. The minimum atomic E-state index is -3.81. The molecule has 1 aromatic heterocycles. The monoisotopic (exact) mass is 488 g/mol. The Morgan fingerprint density at radius 1 is 0.857 bits per heavy atom. The molecular weight excluding hydrogens is 464 g/mol. The maximum atomic E-state index is 12.8. The molecule has 178 valence electrons. The molecule has 0 fully saturated rings. The molecule has 4 rings (SSSR count). The number of carbonyl (C=O) groups is 1. The van der Waals surface area contributed by atoms with Crippen LogP contribution in [0.25, 0.3) is 11.3 Å². The van der Waals surface area contributed by atoms with Gasteiger partial charge in [0.25, 0.3) is 15.6 Å². The lowest BCUT2D eigenvalue weighted by Crippen LogP contribution is -2.29. The number of amides is 1. The molecule has 4 aromatic rings. The Kier molecular flexibility index (Phi) is 6.79. The smallest absolute Gasteiger partial charge is 0.267 e. The van der Waals surface area contributed by atoms with Gasteiger partial charge in [-0.1, -0.05) is 48.5 Å². The lowest BCUT2D eigenvalue weighted by atomic mass is 10.1. The lowest BCUT2D eigenvalue weighted by Gasteiger charge is -2.13. The average Bonchev–Trinajstić information content (AvgIpc) is 2.84. The van der Waals surface area contributed by atoms with Crippen molar-refractivity contribution in [3.05, 3.63) is 106 Å². The first kappa shape index (κ1) is 23.9. The molecule has 8 nitrogen and oxygen atoms in total. The van der Waals surface area contributed by atoms with Crippen LogP contribution in [0.15, 0.2) is 94.6 Å². The van der Waals surface area contributed by atoms with E-state index in [4.69, 9.17) is 0 Å². The number of hydrogen-bond donors (Lipinski definition) is 2. The van der Waals surface area contributed by atoms with Crippen molar-refractivity contribution in [1.82, 2.24) is 9.78 Å². The highest BCUT2D eigenvalue weighted by atomic mass is 32.2. The molecule has 0 spiro atoms. The summed E-state index contributed by atoms with van der Waals surface area (Å²) in [7, 11) is -3.81. The zero-order valence-corrected chi connectivity index (χ0v) is 20.0. The highest BCUT2D eigenvalue weighted by molar-refractivity contribution is 7.92. The van der Waals surface area contributed by atoms with Crippen LogP contribution < -0.4 is 15.6 Å². The number of aromatic nitrogens is 2. The first-order valence-electron chi connectivity index (χ1n) is 10.9. The summed E-state index contributed by atoms with van der Waals surface area (Å²) in [6.07, 6.45) is 0. The molecule has 0 saturated carbocycles. The Hall–Kier alpha value is -4.24. The van der Waals surface area contributed by atoms with Gasteiger partial charge < -0.3 is 5.32 Å². The molecule has 2 N–H and O–H groups in total. The van der Waals surface area contributed by atoms with Gasteiger partial charge in [0.2, 0.25) is 5.91 Å². The van der Waals surface area contributed by atoms with Gasteiger partial charge in [-0.15, -0.1) is 0 Å². The number of nitrogens with one attached hydrogen (secondary N) is 2. The van der Waals surface area contributed by atoms with Crippen LogP contribution in [0.2, 0.25) is 0 Å². The first-order valence-corrected chi connectivity index (χ1v) is 12.3. The molecule has 0 unspecified atom stereocenters. The second-order valence-electron chi connectivity index (χ2n) is 8.03. The van der Waals surface area contributed by atoms with Crippen molar-refractivity contribution in [2.75, 3.05) is 10.0 Å². The van der Waals surface area contributed by atoms with Crippen molar-refractivity contribution in [3.8, 4) is 11.3 Å². The van der Waals surface area contributed by atoms with Crippen molar-refractivity contribution < 1.29 is 13.2 Å². The van der Waals surface area contributed by atoms with E-state index in [0.717, 1.165) is 21.4 Å². The minimum Gasteiger partial charge on any atom is -0.324 e. The van der Waals surface area contributed by atoms with Gasteiger partial charge in [-0.25, -0.2) is 13.1 Å². The third-order valence-electron chi connectivity index (χ3n) is 5.40. The molecule has 0 bridgehead atoms. The number of para-hydroxylation sites is 1. The van der Waals surface area contributed by atoms with Gasteiger partial charge >= 0.3 is 0 Å². The Balaban J connectivity index is 1.45. The maximum absolute atomic E-state index is 12.8. The van der Waals surface area contributed by atoms with Crippen molar-refractivity contribution in [2.45, 2.75) is 25.3 Å². The highest BCUT2D eigenvalue weighted by Crippen LogP contribution is 2.24. The Bertz CT molecular complexity index is 1510. The number of carbonyl (C=O) groups excluding carboxylic acids is 1. The van der Waals surface area contributed by atoms with E-state index in [1.165, 1.54) is 30.3 Å². The van der Waals surface area contributed by atoms with E-state index in [0.29, 0.717) is 17.1 Å². The van der Waals surface area contributed by atoms with E-state index < -0.39 is 21.5 Å². The van der Waals surface area contributed by atoms with Gasteiger partial charge in [0.15, 0.2) is 0 Å². The fourth-order valence-electron chi connectivity index (χ4n) is 3.55. The molecule has 0 aliphatic heterocycles. The number of nitrogens with zero attached hydrogens (tertiary/aromatic N) is 2. The Morgan fingerprint density at radius 3 is 2.17 bits per heavy atom. The fourth-order valence-corrected chi connectivity index (χ4v) is 4.75. The van der Waals surface area contributed by atoms with Crippen LogP contribution in [0.5, 0.6) is 0 Å². The molecule has 3 aromatic carbocycles. The highest BCUT2D eigenvalue weighted by Gasteiger charge is 2.17. The Morgan fingerprint density at radius 2 is 1.51 bits per heavy atom. The number of benzene rings is 3. The zero-order valence-electron chi connectivity index (χ0n) is 19.2. The summed E-state index contributed by atoms with van der Waals surface area (Å²) in [5, 5.41) is 6.95. The minimum absolute atomic E-state index is 0.0617. The van der Waals surface area contributed by atoms with Crippen molar-refractivity contribution in [2.24, 2.45) is 0 Å². The molecule has 0 radical (unpaired) electrons. The van der Waals surface area contributed by atoms with Crippen molar-refractivity contribution in [1.29, 1.82) is 0 Å². The van der Waals surface area contributed by atoms with Gasteiger partial charge in [-0.3, -0.25) is 14.3 Å². The maximum Gasteiger partial charge on any atom is 0.267 e. The zero-order chi connectivity index (χ0) is 25.0. The van der Waals surface area contributed by atoms with Crippen molar-refractivity contribution in [3.63, 3.8) is 0 Å². The standard InChI is InChI=1S/C26H24N4O4S/c1-18-7-6-8-19(2)26(18)29-35(33,34)22-13-11-21(12-14-22)27-24(31)17-30-25(32)16-15-23(28-30)20-9-4-3-5-10-20/h3-16,29H,17H2,1-2H3,(H,27,31). The van der Waals surface area contributed by atoms with Crippen LogP contribution in [0, 0.1) is 13.8 Å². The van der Waals surface area contributed by atoms with Crippen LogP contribution in [0.1, 0.15) is 11.1 Å². The molecule has 0 aliphatic rings. The fraction of sp³-hybridized carbons (Fsp3) is 0.115. The topological polar surface area (TPSA) is 110 Å². The number of rotatable bonds is 7. The molecule has 0 atom stereocenters. The molecule has 0 aliphatic carbocycles. The molecule has 1 amide bonds. The van der Waals surface area contributed by atoms with Crippen molar-refractivity contribution >= 4 is 27.3 Å². The first-order chi connectivity index (χ1) is 16.7. The third kappa shape index (κ3) is 5.64. The summed E-state index contributed by atoms with van der Waals surface area (Å²) in [6, 6.07) is 23.6. The lowest BCUT2D eigenvalue weighted by molar-refractivity contribution is -0.117. The summed E-state index contributed by atoms with van der Waals surface area (Å²) in [6.45, 7) is 3.38. The predicted molar refractivity (Wildman–Crippen MR) is 136 cm³/mol. The predicted octanol–water partition coefficient (Wildman–Crippen LogP) is 3.97. The number of aryl methyl sites for hydroxylation is 2. The summed E-state index contributed by atoms with van der Waals surface area (Å²) in [4.78, 5) is 24.8. The van der Waals surface area contributed by atoms with E-state index >= 15 is 0 Å². The normalized spacial score (nSPS) is 11.1. The van der Waals surface area contributed by atoms with Crippen LogP contribution >= 0.6 is 0 Å². The van der Waals surface area contributed by atoms with Crippen LogP contribution in [-0.2, 0) is 21.4 Å². The summed E-state index contributed by atoms with van der Waals surface area (Å²) < 4.78 is 29.4. The quantitative estimate of drug-likeness (QED) is 0.409. The molecule has 35 heavy (non-hydrogen) atoms. The number of sulfonamides is 1. The van der Waals surface area contributed by atoms with E-state index in [9.17, 15) is 18.0 Å².